The van der Waals surface area contributed by atoms with Crippen LogP contribution in [0, 0.1) is 17.8 Å². The first-order valence-corrected chi connectivity index (χ1v) is 9.52. The van der Waals surface area contributed by atoms with Gasteiger partial charge in [0.15, 0.2) is 0 Å². The summed E-state index contributed by atoms with van der Waals surface area (Å²) in [5, 5.41) is 18.6. The zero-order chi connectivity index (χ0) is 19.9. The quantitative estimate of drug-likeness (QED) is 0.814. The Balaban J connectivity index is 1.98. The van der Waals surface area contributed by atoms with Crippen LogP contribution in [0.3, 0.4) is 0 Å². The van der Waals surface area contributed by atoms with Gasteiger partial charge in [-0.15, -0.1) is 0 Å². The smallest absolute Gasteiger partial charge is 0.309 e. The Labute approximate surface area is 159 Å². The molecule has 0 aliphatic carbocycles. The number of carboxylic acid groups (broad SMARTS) is 2. The van der Waals surface area contributed by atoms with Gasteiger partial charge in [-0.25, -0.2) is 0 Å². The Morgan fingerprint density at radius 3 is 2.56 bits per heavy atom. The highest BCUT2D eigenvalue weighted by Gasteiger charge is 2.52. The van der Waals surface area contributed by atoms with Crippen molar-refractivity contribution in [3.05, 3.63) is 29.3 Å². The summed E-state index contributed by atoms with van der Waals surface area (Å²) in [6, 6.07) is 5.73. The number of carbonyl (C=O) groups is 2. The molecule has 0 radical (unpaired) electrons. The van der Waals surface area contributed by atoms with Gasteiger partial charge in [-0.2, -0.15) is 0 Å². The minimum absolute atomic E-state index is 0.0653. The van der Waals surface area contributed by atoms with Crippen LogP contribution in [0.25, 0.3) is 0 Å². The molecule has 2 N–H and O–H groups in total. The predicted molar refractivity (Wildman–Crippen MR) is 98.8 cm³/mol. The van der Waals surface area contributed by atoms with Gasteiger partial charge in [0.05, 0.1) is 18.1 Å². The normalized spacial score (nSPS) is 28.8. The van der Waals surface area contributed by atoms with E-state index >= 15 is 0 Å². The van der Waals surface area contributed by atoms with Crippen LogP contribution in [0.5, 0.6) is 5.75 Å². The number of carboxylic acids is 2. The Kier molecular flexibility index (Phi) is 5.21. The van der Waals surface area contributed by atoms with Crippen molar-refractivity contribution in [1.29, 1.82) is 0 Å². The molecular formula is C21H28O6. The zero-order valence-electron chi connectivity index (χ0n) is 16.3. The van der Waals surface area contributed by atoms with Crippen LogP contribution in [-0.2, 0) is 20.7 Å². The molecule has 27 heavy (non-hydrogen) atoms. The van der Waals surface area contributed by atoms with Crippen LogP contribution >= 0.6 is 0 Å². The standard InChI is InChI=1S/C21H28O6/c1-11(2)18-14(20(24)25)10-15-19(26-18)13-9-12(6-8-17(22)23)5-7-16(13)27-21(15,3)4/h5,7,9,11,14-15,18-19H,6,8,10H2,1-4H3,(H,22,23)(H,24,25)/t14-,15-,18-,19+/m1/s1. The Hall–Kier alpha value is -2.08. The summed E-state index contributed by atoms with van der Waals surface area (Å²) in [6.45, 7) is 7.92. The number of hydrogen-bond acceptors (Lipinski definition) is 4. The summed E-state index contributed by atoms with van der Waals surface area (Å²) in [5.74, 6) is -1.50. The number of fused-ring (bicyclic) bond motifs is 3. The first-order valence-electron chi connectivity index (χ1n) is 9.52. The van der Waals surface area contributed by atoms with Crippen LogP contribution in [0.15, 0.2) is 18.2 Å². The van der Waals surface area contributed by atoms with Crippen molar-refractivity contribution in [2.45, 2.75) is 64.8 Å². The first kappa shape index (κ1) is 19.7. The van der Waals surface area contributed by atoms with E-state index in [9.17, 15) is 14.7 Å². The van der Waals surface area contributed by atoms with E-state index in [4.69, 9.17) is 14.6 Å². The molecule has 148 valence electrons. The second-order valence-electron chi connectivity index (χ2n) is 8.52. The van der Waals surface area contributed by atoms with Gasteiger partial charge in [-0.1, -0.05) is 19.9 Å². The summed E-state index contributed by atoms with van der Waals surface area (Å²) in [6.07, 6.45) is 0.379. The number of aryl methyl sites for hydroxylation is 1. The van der Waals surface area contributed by atoms with Gasteiger partial charge in [0.25, 0.3) is 0 Å². The van der Waals surface area contributed by atoms with E-state index in [0.717, 1.165) is 16.9 Å². The SMILES string of the molecule is CC(C)[C@H]1O[C@H]2c3cc(CCC(=O)O)ccc3OC(C)(C)[C@@H]2C[C@H]1C(=O)O. The van der Waals surface area contributed by atoms with E-state index in [1.54, 1.807) is 0 Å². The van der Waals surface area contributed by atoms with Gasteiger partial charge in [-0.05, 0) is 50.3 Å². The lowest BCUT2D eigenvalue weighted by Gasteiger charge is -2.51. The molecule has 4 atom stereocenters. The van der Waals surface area contributed by atoms with Crippen LogP contribution in [-0.4, -0.2) is 33.9 Å². The Morgan fingerprint density at radius 2 is 1.96 bits per heavy atom. The van der Waals surface area contributed by atoms with Gasteiger partial charge in [0.2, 0.25) is 0 Å². The summed E-state index contributed by atoms with van der Waals surface area (Å²) in [4.78, 5) is 22.7. The van der Waals surface area contributed by atoms with Gasteiger partial charge < -0.3 is 19.7 Å². The fourth-order valence-corrected chi connectivity index (χ4v) is 4.37. The minimum atomic E-state index is -0.832. The molecule has 1 aromatic rings. The van der Waals surface area contributed by atoms with E-state index in [1.807, 2.05) is 45.9 Å². The number of hydrogen-bond donors (Lipinski definition) is 2. The largest absolute Gasteiger partial charge is 0.487 e. The highest BCUT2D eigenvalue weighted by Crippen LogP contribution is 2.52. The second-order valence-corrected chi connectivity index (χ2v) is 8.52. The van der Waals surface area contributed by atoms with Crippen molar-refractivity contribution < 1.29 is 29.3 Å². The number of benzene rings is 1. The van der Waals surface area contributed by atoms with Crippen molar-refractivity contribution in [1.82, 2.24) is 0 Å². The van der Waals surface area contributed by atoms with E-state index < -0.39 is 23.5 Å². The maximum atomic E-state index is 11.8. The van der Waals surface area contributed by atoms with Crippen molar-refractivity contribution >= 4 is 11.9 Å². The molecule has 0 unspecified atom stereocenters. The topological polar surface area (TPSA) is 93.1 Å². The summed E-state index contributed by atoms with van der Waals surface area (Å²) < 4.78 is 12.6. The van der Waals surface area contributed by atoms with Crippen molar-refractivity contribution in [2.24, 2.45) is 17.8 Å². The molecule has 0 amide bonds. The maximum Gasteiger partial charge on any atom is 0.309 e. The summed E-state index contributed by atoms with van der Waals surface area (Å²) in [5.41, 5.74) is 1.27. The second kappa shape index (κ2) is 7.15. The minimum Gasteiger partial charge on any atom is -0.487 e. The lowest BCUT2D eigenvalue weighted by molar-refractivity contribution is -0.195. The molecule has 0 bridgehead atoms. The molecule has 0 saturated carbocycles. The number of rotatable bonds is 5. The van der Waals surface area contributed by atoms with Gasteiger partial charge >= 0.3 is 11.9 Å². The van der Waals surface area contributed by atoms with Gasteiger partial charge in [-0.3, -0.25) is 9.59 Å². The third-order valence-corrected chi connectivity index (χ3v) is 5.82. The zero-order valence-corrected chi connectivity index (χ0v) is 16.3. The van der Waals surface area contributed by atoms with Crippen LogP contribution in [0.2, 0.25) is 0 Å². The summed E-state index contributed by atoms with van der Waals surface area (Å²) >= 11 is 0. The van der Waals surface area contributed by atoms with Crippen LogP contribution < -0.4 is 4.74 Å². The van der Waals surface area contributed by atoms with Crippen molar-refractivity contribution in [2.75, 3.05) is 0 Å². The third kappa shape index (κ3) is 3.81. The van der Waals surface area contributed by atoms with E-state index in [2.05, 4.69) is 0 Å². The number of aliphatic carboxylic acids is 2. The van der Waals surface area contributed by atoms with Gasteiger partial charge in [0, 0.05) is 17.9 Å². The summed E-state index contributed by atoms with van der Waals surface area (Å²) in [7, 11) is 0. The molecule has 2 aliphatic rings. The monoisotopic (exact) mass is 376 g/mol. The molecule has 3 rings (SSSR count). The predicted octanol–water partition coefficient (Wildman–Crippen LogP) is 3.68. The molecular weight excluding hydrogens is 348 g/mol. The van der Waals surface area contributed by atoms with Crippen LogP contribution in [0.4, 0.5) is 0 Å². The average Bonchev–Trinajstić information content (AvgIpc) is 2.58. The fraction of sp³-hybridized carbons (Fsp3) is 0.619. The van der Waals surface area contributed by atoms with E-state index in [0.29, 0.717) is 12.8 Å². The molecule has 0 aromatic heterocycles. The molecule has 2 heterocycles. The molecule has 2 aliphatic heterocycles. The Morgan fingerprint density at radius 1 is 1.26 bits per heavy atom. The van der Waals surface area contributed by atoms with Crippen molar-refractivity contribution in [3.8, 4) is 5.75 Å². The fourth-order valence-electron chi connectivity index (χ4n) is 4.37. The Bertz CT molecular complexity index is 738. The molecule has 6 heteroatoms. The van der Waals surface area contributed by atoms with E-state index in [1.165, 1.54) is 0 Å². The highest BCUT2D eigenvalue weighted by atomic mass is 16.5. The van der Waals surface area contributed by atoms with E-state index in [-0.39, 0.29) is 30.5 Å². The van der Waals surface area contributed by atoms with Gasteiger partial charge in [0.1, 0.15) is 11.4 Å². The molecule has 1 aromatic carbocycles. The molecule has 1 saturated heterocycles. The lowest BCUT2D eigenvalue weighted by atomic mass is 9.70. The third-order valence-electron chi connectivity index (χ3n) is 5.82. The average molecular weight is 376 g/mol. The van der Waals surface area contributed by atoms with Crippen LogP contribution in [0.1, 0.15) is 57.8 Å². The lowest BCUT2D eigenvalue weighted by Crippen LogP contribution is -2.53. The van der Waals surface area contributed by atoms with Crippen molar-refractivity contribution in [3.63, 3.8) is 0 Å². The number of ether oxygens (including phenoxy) is 2. The molecule has 6 nitrogen and oxygen atoms in total. The highest BCUT2D eigenvalue weighted by molar-refractivity contribution is 5.71. The maximum absolute atomic E-state index is 11.8. The molecule has 1 fully saturated rings. The first-order chi connectivity index (χ1) is 12.6. The molecule has 0 spiro atoms.